The summed E-state index contributed by atoms with van der Waals surface area (Å²) in [6.07, 6.45) is 5.00. The van der Waals surface area contributed by atoms with Crippen molar-refractivity contribution in [2.45, 2.75) is 25.4 Å². The SMILES string of the molecule is O=C(c1ccsc1)N1CC[C@@H]2OCC[C@]2(CCNc2ccccn2)C1. The summed E-state index contributed by atoms with van der Waals surface area (Å²) < 4.78 is 6.00. The maximum Gasteiger partial charge on any atom is 0.254 e. The van der Waals surface area contributed by atoms with Gasteiger partial charge in [0.15, 0.2) is 0 Å². The molecule has 1 amide bonds. The van der Waals surface area contributed by atoms with E-state index in [0.717, 1.165) is 56.9 Å². The molecule has 0 bridgehead atoms. The molecule has 0 aliphatic carbocycles. The number of rotatable bonds is 5. The zero-order chi connectivity index (χ0) is 17.1. The fourth-order valence-corrected chi connectivity index (χ4v) is 4.69. The predicted octanol–water partition coefficient (Wildman–Crippen LogP) is 3.27. The van der Waals surface area contributed by atoms with Gasteiger partial charge in [0.1, 0.15) is 5.82 Å². The lowest BCUT2D eigenvalue weighted by Gasteiger charge is -2.44. The van der Waals surface area contributed by atoms with E-state index < -0.39 is 0 Å². The number of amides is 1. The van der Waals surface area contributed by atoms with Crippen LogP contribution in [0.3, 0.4) is 0 Å². The van der Waals surface area contributed by atoms with E-state index in [-0.39, 0.29) is 17.4 Å². The van der Waals surface area contributed by atoms with Crippen LogP contribution in [-0.2, 0) is 4.74 Å². The molecule has 0 spiro atoms. The smallest absolute Gasteiger partial charge is 0.254 e. The van der Waals surface area contributed by atoms with Crippen molar-refractivity contribution >= 4 is 23.1 Å². The van der Waals surface area contributed by atoms with Gasteiger partial charge >= 0.3 is 0 Å². The molecule has 0 aromatic carbocycles. The summed E-state index contributed by atoms with van der Waals surface area (Å²) in [5.74, 6) is 1.06. The first-order valence-corrected chi connectivity index (χ1v) is 9.79. The normalized spacial score (nSPS) is 25.6. The van der Waals surface area contributed by atoms with Crippen LogP contribution in [0.15, 0.2) is 41.2 Å². The zero-order valence-electron chi connectivity index (χ0n) is 14.2. The summed E-state index contributed by atoms with van der Waals surface area (Å²) >= 11 is 1.57. The minimum Gasteiger partial charge on any atom is -0.377 e. The first-order chi connectivity index (χ1) is 12.3. The van der Waals surface area contributed by atoms with Crippen LogP contribution in [0, 0.1) is 5.41 Å². The van der Waals surface area contributed by atoms with E-state index in [2.05, 4.69) is 10.3 Å². The van der Waals surface area contributed by atoms with Crippen molar-refractivity contribution in [3.05, 3.63) is 46.8 Å². The Morgan fingerprint density at radius 1 is 1.44 bits per heavy atom. The van der Waals surface area contributed by atoms with Gasteiger partial charge in [-0.2, -0.15) is 11.3 Å². The van der Waals surface area contributed by atoms with Crippen molar-refractivity contribution in [1.29, 1.82) is 0 Å². The minimum absolute atomic E-state index is 0.0612. The monoisotopic (exact) mass is 357 g/mol. The lowest BCUT2D eigenvalue weighted by atomic mass is 9.74. The number of fused-ring (bicyclic) bond motifs is 1. The summed E-state index contributed by atoms with van der Waals surface area (Å²) in [5, 5.41) is 7.31. The van der Waals surface area contributed by atoms with E-state index in [4.69, 9.17) is 4.74 Å². The van der Waals surface area contributed by atoms with Gasteiger partial charge in [0.05, 0.1) is 11.7 Å². The number of anilines is 1. The third-order valence-electron chi connectivity index (χ3n) is 5.42. The van der Waals surface area contributed by atoms with Gasteiger partial charge in [-0.15, -0.1) is 0 Å². The highest BCUT2D eigenvalue weighted by molar-refractivity contribution is 7.08. The topological polar surface area (TPSA) is 54.5 Å². The van der Waals surface area contributed by atoms with Gasteiger partial charge in [0.25, 0.3) is 5.91 Å². The van der Waals surface area contributed by atoms with Crippen LogP contribution in [0.2, 0.25) is 0 Å². The number of thiophene rings is 1. The van der Waals surface area contributed by atoms with Gasteiger partial charge in [-0.3, -0.25) is 4.79 Å². The average Bonchev–Trinajstić information content (AvgIpc) is 3.31. The Morgan fingerprint density at radius 2 is 2.40 bits per heavy atom. The number of pyridine rings is 1. The summed E-state index contributed by atoms with van der Waals surface area (Å²) in [6.45, 7) is 3.22. The van der Waals surface area contributed by atoms with Crippen LogP contribution < -0.4 is 5.32 Å². The van der Waals surface area contributed by atoms with Gasteiger partial charge in [0.2, 0.25) is 0 Å². The Kier molecular flexibility index (Phi) is 4.72. The van der Waals surface area contributed by atoms with E-state index in [1.165, 1.54) is 0 Å². The number of likely N-dealkylation sites (tertiary alicyclic amines) is 1. The molecule has 0 unspecified atom stereocenters. The highest BCUT2D eigenvalue weighted by Gasteiger charge is 2.48. The fraction of sp³-hybridized carbons (Fsp3) is 0.474. The number of nitrogens with zero attached hydrogens (tertiary/aromatic N) is 2. The van der Waals surface area contributed by atoms with Gasteiger partial charge in [-0.1, -0.05) is 6.07 Å². The van der Waals surface area contributed by atoms with Crippen LogP contribution in [0.25, 0.3) is 0 Å². The molecule has 5 nitrogen and oxygen atoms in total. The standard InChI is InChI=1S/C19H23N3O2S/c23-18(15-5-12-25-13-15)22-10-4-16-19(14-22,7-11-24-16)6-9-21-17-3-1-2-8-20-17/h1-3,5,8,12-13,16H,4,6-7,9-11,14H2,(H,20,21)/t16-,19+/m0/s1. The summed E-state index contributed by atoms with van der Waals surface area (Å²) in [5.41, 5.74) is 0.871. The molecule has 2 saturated heterocycles. The van der Waals surface area contributed by atoms with E-state index in [9.17, 15) is 4.79 Å². The lowest BCUT2D eigenvalue weighted by molar-refractivity contribution is -0.0150. The molecule has 25 heavy (non-hydrogen) atoms. The van der Waals surface area contributed by atoms with Gasteiger partial charge < -0.3 is 15.0 Å². The van der Waals surface area contributed by atoms with Crippen LogP contribution in [0.1, 0.15) is 29.6 Å². The van der Waals surface area contributed by atoms with Crippen molar-refractivity contribution in [3.63, 3.8) is 0 Å². The minimum atomic E-state index is 0.0612. The molecule has 0 radical (unpaired) electrons. The van der Waals surface area contributed by atoms with Crippen molar-refractivity contribution in [2.75, 3.05) is 31.6 Å². The van der Waals surface area contributed by atoms with Crippen LogP contribution >= 0.6 is 11.3 Å². The van der Waals surface area contributed by atoms with E-state index in [0.29, 0.717) is 0 Å². The number of aromatic nitrogens is 1. The molecule has 2 aromatic heterocycles. The molecule has 2 aliphatic rings. The highest BCUT2D eigenvalue weighted by Crippen LogP contribution is 2.43. The highest BCUT2D eigenvalue weighted by atomic mass is 32.1. The third-order valence-corrected chi connectivity index (χ3v) is 6.10. The molecule has 4 rings (SSSR count). The lowest BCUT2D eigenvalue weighted by Crippen LogP contribution is -2.52. The predicted molar refractivity (Wildman–Crippen MR) is 99.0 cm³/mol. The molecule has 2 atom stereocenters. The molecule has 6 heteroatoms. The van der Waals surface area contributed by atoms with Crippen molar-refractivity contribution in [2.24, 2.45) is 5.41 Å². The second kappa shape index (κ2) is 7.14. The zero-order valence-corrected chi connectivity index (χ0v) is 15.0. The fourth-order valence-electron chi connectivity index (χ4n) is 4.06. The summed E-state index contributed by atoms with van der Waals surface area (Å²) in [4.78, 5) is 19.1. The Balaban J connectivity index is 1.43. The molecule has 132 valence electrons. The number of ether oxygens (including phenoxy) is 1. The number of nitrogens with one attached hydrogen (secondary N) is 1. The number of carbonyl (C=O) groups is 1. The molecule has 0 saturated carbocycles. The van der Waals surface area contributed by atoms with E-state index in [1.54, 1.807) is 17.5 Å². The van der Waals surface area contributed by atoms with Crippen LogP contribution in [-0.4, -0.2) is 48.1 Å². The van der Waals surface area contributed by atoms with Gasteiger partial charge in [-0.25, -0.2) is 4.98 Å². The third kappa shape index (κ3) is 3.41. The summed E-state index contributed by atoms with van der Waals surface area (Å²) in [7, 11) is 0. The first kappa shape index (κ1) is 16.5. The second-order valence-electron chi connectivity index (χ2n) is 6.89. The molecular weight excluding hydrogens is 334 g/mol. The molecule has 4 heterocycles. The Morgan fingerprint density at radius 3 is 3.20 bits per heavy atom. The number of hydrogen-bond donors (Lipinski definition) is 1. The Labute approximate surface area is 152 Å². The van der Waals surface area contributed by atoms with Crippen molar-refractivity contribution < 1.29 is 9.53 Å². The van der Waals surface area contributed by atoms with Gasteiger partial charge in [-0.05, 0) is 42.8 Å². The first-order valence-electron chi connectivity index (χ1n) is 8.85. The maximum atomic E-state index is 12.8. The van der Waals surface area contributed by atoms with Crippen LogP contribution in [0.4, 0.5) is 5.82 Å². The van der Waals surface area contributed by atoms with Crippen molar-refractivity contribution in [3.8, 4) is 0 Å². The summed E-state index contributed by atoms with van der Waals surface area (Å²) in [6, 6.07) is 7.80. The quantitative estimate of drug-likeness (QED) is 0.892. The molecule has 1 N–H and O–H groups in total. The Bertz CT molecular complexity index is 707. The van der Waals surface area contributed by atoms with Crippen LogP contribution in [0.5, 0.6) is 0 Å². The largest absolute Gasteiger partial charge is 0.377 e. The number of hydrogen-bond acceptors (Lipinski definition) is 5. The van der Waals surface area contributed by atoms with Crippen molar-refractivity contribution in [1.82, 2.24) is 9.88 Å². The molecule has 2 aliphatic heterocycles. The number of carbonyl (C=O) groups excluding carboxylic acids is 1. The van der Waals surface area contributed by atoms with E-state index in [1.807, 2.05) is 39.9 Å². The average molecular weight is 357 g/mol. The second-order valence-corrected chi connectivity index (χ2v) is 7.67. The molecule has 2 aromatic rings. The molecular formula is C19H23N3O2S. The van der Waals surface area contributed by atoms with Gasteiger partial charge in [0, 0.05) is 43.2 Å². The molecule has 2 fully saturated rings. The maximum absolute atomic E-state index is 12.8. The Hall–Kier alpha value is -1.92. The number of piperidine rings is 1. The van der Waals surface area contributed by atoms with E-state index >= 15 is 0 Å².